The van der Waals surface area contributed by atoms with Crippen LogP contribution in [0.3, 0.4) is 0 Å². The van der Waals surface area contributed by atoms with Crippen molar-refractivity contribution in [2.24, 2.45) is 0 Å². The smallest absolute Gasteiger partial charge is 0.262 e. The molecule has 0 aliphatic carbocycles. The minimum atomic E-state index is -0.106. The fraction of sp³-hybridized carbons (Fsp3) is 0.500. The molecule has 0 spiro atoms. The number of nitrogens with one attached hydrogen (secondary N) is 2. The summed E-state index contributed by atoms with van der Waals surface area (Å²) in [5.41, 5.74) is 1.88. The van der Waals surface area contributed by atoms with Gasteiger partial charge >= 0.3 is 0 Å². The first-order valence-corrected chi connectivity index (χ1v) is 6.49. The molecule has 5 nitrogen and oxygen atoms in total. The van der Waals surface area contributed by atoms with E-state index in [4.69, 9.17) is 9.47 Å². The van der Waals surface area contributed by atoms with E-state index in [9.17, 15) is 4.79 Å². The first kappa shape index (κ1) is 13.8. The molecule has 0 saturated carbocycles. The summed E-state index contributed by atoms with van der Waals surface area (Å²) in [6.45, 7) is 3.85. The van der Waals surface area contributed by atoms with Crippen molar-refractivity contribution in [2.75, 3.05) is 32.2 Å². The molecule has 1 heterocycles. The van der Waals surface area contributed by atoms with Crippen molar-refractivity contribution in [3.05, 3.63) is 23.8 Å². The number of fused-ring (bicyclic) bond motifs is 1. The Bertz CT molecular complexity index is 448. The maximum atomic E-state index is 11.3. The van der Waals surface area contributed by atoms with E-state index in [0.717, 1.165) is 36.6 Å². The van der Waals surface area contributed by atoms with Crippen LogP contribution in [-0.4, -0.2) is 32.8 Å². The van der Waals surface area contributed by atoms with Crippen LogP contribution in [0.5, 0.6) is 5.75 Å². The van der Waals surface area contributed by atoms with Gasteiger partial charge in [-0.2, -0.15) is 0 Å². The molecule has 0 fully saturated rings. The van der Waals surface area contributed by atoms with Crippen LogP contribution >= 0.6 is 0 Å². The molecular weight excluding hydrogens is 244 g/mol. The van der Waals surface area contributed by atoms with Crippen LogP contribution in [0.15, 0.2) is 18.2 Å². The second kappa shape index (κ2) is 6.54. The summed E-state index contributed by atoms with van der Waals surface area (Å²) in [5, 5.41) is 6.24. The average Bonchev–Trinajstić information content (AvgIpc) is 2.42. The lowest BCUT2D eigenvalue weighted by atomic mass is 10.1. The Morgan fingerprint density at radius 1 is 1.53 bits per heavy atom. The van der Waals surface area contributed by atoms with Gasteiger partial charge in [0.25, 0.3) is 5.91 Å². The van der Waals surface area contributed by atoms with Crippen molar-refractivity contribution in [1.29, 1.82) is 0 Å². The van der Waals surface area contributed by atoms with E-state index in [2.05, 4.69) is 17.6 Å². The second-order valence-corrected chi connectivity index (χ2v) is 4.61. The Morgan fingerprint density at radius 2 is 2.37 bits per heavy atom. The highest BCUT2D eigenvalue weighted by molar-refractivity contribution is 5.95. The molecule has 1 aliphatic rings. The molecule has 0 radical (unpaired) electrons. The third-order valence-electron chi connectivity index (χ3n) is 3.11. The van der Waals surface area contributed by atoms with Gasteiger partial charge in [-0.25, -0.2) is 0 Å². The lowest BCUT2D eigenvalue weighted by molar-refractivity contribution is -0.118. The number of ether oxygens (including phenoxy) is 2. The van der Waals surface area contributed by atoms with Gasteiger partial charge in [-0.3, -0.25) is 4.79 Å². The molecule has 0 saturated heterocycles. The van der Waals surface area contributed by atoms with Crippen molar-refractivity contribution in [3.8, 4) is 5.75 Å². The maximum absolute atomic E-state index is 11.3. The zero-order chi connectivity index (χ0) is 13.7. The fourth-order valence-electron chi connectivity index (χ4n) is 2.02. The van der Waals surface area contributed by atoms with Gasteiger partial charge in [0.05, 0.1) is 5.69 Å². The van der Waals surface area contributed by atoms with Crippen LogP contribution in [-0.2, 0) is 9.53 Å². The average molecular weight is 264 g/mol. The predicted molar refractivity (Wildman–Crippen MR) is 73.5 cm³/mol. The molecule has 2 N–H and O–H groups in total. The Kier molecular flexibility index (Phi) is 4.76. The number of rotatable bonds is 6. The normalized spacial score (nSPS) is 15.4. The molecular formula is C14H20N2O3. The van der Waals surface area contributed by atoms with Crippen LogP contribution < -0.4 is 15.4 Å². The molecule has 5 heteroatoms. The monoisotopic (exact) mass is 264 g/mol. The first-order valence-electron chi connectivity index (χ1n) is 6.49. The molecule has 1 aromatic carbocycles. The Morgan fingerprint density at radius 3 is 3.16 bits per heavy atom. The SMILES string of the molecule is COCCCNC(C)c1ccc2c(c1)NC(=O)CO2. The van der Waals surface area contributed by atoms with Gasteiger partial charge in [0.2, 0.25) is 0 Å². The molecule has 0 bridgehead atoms. The summed E-state index contributed by atoms with van der Waals surface area (Å²) >= 11 is 0. The zero-order valence-corrected chi connectivity index (χ0v) is 11.4. The summed E-state index contributed by atoms with van der Waals surface area (Å²) < 4.78 is 10.3. The van der Waals surface area contributed by atoms with Crippen molar-refractivity contribution in [3.63, 3.8) is 0 Å². The molecule has 104 valence electrons. The minimum absolute atomic E-state index is 0.0944. The Labute approximate surface area is 113 Å². The lowest BCUT2D eigenvalue weighted by Crippen LogP contribution is -2.26. The summed E-state index contributed by atoms with van der Waals surface area (Å²) in [5.74, 6) is 0.625. The fourth-order valence-corrected chi connectivity index (χ4v) is 2.02. The number of benzene rings is 1. The number of carbonyl (C=O) groups excluding carboxylic acids is 1. The molecule has 0 aromatic heterocycles. The molecule has 1 unspecified atom stereocenters. The molecule has 19 heavy (non-hydrogen) atoms. The quantitative estimate of drug-likeness (QED) is 0.768. The zero-order valence-electron chi connectivity index (χ0n) is 11.4. The molecule has 1 aliphatic heterocycles. The topological polar surface area (TPSA) is 59.6 Å². The second-order valence-electron chi connectivity index (χ2n) is 4.61. The van der Waals surface area contributed by atoms with Gasteiger partial charge in [0.15, 0.2) is 6.61 Å². The van der Waals surface area contributed by atoms with E-state index >= 15 is 0 Å². The van der Waals surface area contributed by atoms with E-state index < -0.39 is 0 Å². The van der Waals surface area contributed by atoms with Crippen molar-refractivity contribution < 1.29 is 14.3 Å². The Balaban J connectivity index is 1.96. The number of methoxy groups -OCH3 is 1. The highest BCUT2D eigenvalue weighted by atomic mass is 16.5. The van der Waals surface area contributed by atoms with Crippen LogP contribution in [0.1, 0.15) is 24.9 Å². The molecule has 1 aromatic rings. The van der Waals surface area contributed by atoms with Crippen LogP contribution in [0.2, 0.25) is 0 Å². The third kappa shape index (κ3) is 3.68. The third-order valence-corrected chi connectivity index (χ3v) is 3.11. The lowest BCUT2D eigenvalue weighted by Gasteiger charge is -2.21. The highest BCUT2D eigenvalue weighted by Gasteiger charge is 2.17. The summed E-state index contributed by atoms with van der Waals surface area (Å²) in [6, 6.07) is 6.10. The molecule has 1 amide bonds. The van der Waals surface area contributed by atoms with Gasteiger partial charge in [-0.05, 0) is 37.6 Å². The van der Waals surface area contributed by atoms with E-state index in [1.54, 1.807) is 7.11 Å². The minimum Gasteiger partial charge on any atom is -0.482 e. The van der Waals surface area contributed by atoms with E-state index in [0.29, 0.717) is 0 Å². The highest BCUT2D eigenvalue weighted by Crippen LogP contribution is 2.30. The van der Waals surface area contributed by atoms with Gasteiger partial charge in [-0.15, -0.1) is 0 Å². The van der Waals surface area contributed by atoms with Gasteiger partial charge in [0.1, 0.15) is 5.75 Å². The molecule has 2 rings (SSSR count). The van der Waals surface area contributed by atoms with E-state index in [-0.39, 0.29) is 18.6 Å². The van der Waals surface area contributed by atoms with Crippen LogP contribution in [0.25, 0.3) is 0 Å². The van der Waals surface area contributed by atoms with E-state index in [1.807, 2.05) is 18.2 Å². The maximum Gasteiger partial charge on any atom is 0.262 e. The summed E-state index contributed by atoms with van der Waals surface area (Å²) in [4.78, 5) is 11.3. The van der Waals surface area contributed by atoms with Gasteiger partial charge < -0.3 is 20.1 Å². The van der Waals surface area contributed by atoms with E-state index in [1.165, 1.54) is 0 Å². The Hall–Kier alpha value is -1.59. The van der Waals surface area contributed by atoms with Crippen LogP contribution in [0, 0.1) is 0 Å². The standard InChI is InChI=1S/C14H20N2O3/c1-10(15-6-3-7-18-2)11-4-5-13-12(8-11)16-14(17)9-19-13/h4-5,8,10,15H,3,6-7,9H2,1-2H3,(H,16,17). The number of anilines is 1. The number of hydrogen-bond donors (Lipinski definition) is 2. The van der Waals surface area contributed by atoms with Crippen molar-refractivity contribution in [2.45, 2.75) is 19.4 Å². The van der Waals surface area contributed by atoms with Crippen molar-refractivity contribution >= 4 is 11.6 Å². The number of hydrogen-bond acceptors (Lipinski definition) is 4. The summed E-state index contributed by atoms with van der Waals surface area (Å²) in [7, 11) is 1.70. The number of amides is 1. The van der Waals surface area contributed by atoms with Crippen molar-refractivity contribution in [1.82, 2.24) is 5.32 Å². The molecule has 1 atom stereocenters. The van der Waals surface area contributed by atoms with Crippen LogP contribution in [0.4, 0.5) is 5.69 Å². The predicted octanol–water partition coefficient (Wildman–Crippen LogP) is 1.70. The summed E-state index contributed by atoms with van der Waals surface area (Å²) in [6.07, 6.45) is 0.978. The first-order chi connectivity index (χ1) is 9.20. The van der Waals surface area contributed by atoms with Gasteiger partial charge in [0, 0.05) is 19.8 Å². The van der Waals surface area contributed by atoms with Gasteiger partial charge in [-0.1, -0.05) is 6.07 Å². The number of carbonyl (C=O) groups is 1. The largest absolute Gasteiger partial charge is 0.482 e.